The minimum absolute atomic E-state index is 0.719. The average molecular weight is 210 g/mol. The molecular formula is C11H18N2S. The number of nitrogens with zero attached hydrogens (tertiary/aromatic N) is 1. The minimum atomic E-state index is 0.719. The molecule has 0 unspecified atom stereocenters. The van der Waals surface area contributed by atoms with Crippen LogP contribution in [-0.4, -0.2) is 11.5 Å². The number of hydrogen-bond acceptors (Lipinski definition) is 3. The Kier molecular flexibility index (Phi) is 3.19. The molecule has 1 aliphatic rings. The van der Waals surface area contributed by atoms with E-state index in [1.807, 2.05) is 11.3 Å². The second-order valence-electron chi connectivity index (χ2n) is 4.48. The fraction of sp³-hybridized carbons (Fsp3) is 0.727. The van der Waals surface area contributed by atoms with Gasteiger partial charge in [-0.3, -0.25) is 0 Å². The lowest BCUT2D eigenvalue weighted by molar-refractivity contribution is 0.548. The standard InChI is InChI=1S/C11H18N2S/c1-8(2)5-12-6-10-7-14-11(13-10)9-3-4-9/h7-9,12H,3-6H2,1-2H3. The smallest absolute Gasteiger partial charge is 0.0959 e. The Labute approximate surface area is 89.8 Å². The van der Waals surface area contributed by atoms with Crippen molar-refractivity contribution in [2.75, 3.05) is 6.54 Å². The lowest BCUT2D eigenvalue weighted by Crippen LogP contribution is -2.19. The molecule has 0 aromatic carbocycles. The van der Waals surface area contributed by atoms with Gasteiger partial charge < -0.3 is 5.32 Å². The van der Waals surface area contributed by atoms with E-state index in [0.717, 1.165) is 24.9 Å². The molecule has 14 heavy (non-hydrogen) atoms. The Bertz CT molecular complexity index is 289. The van der Waals surface area contributed by atoms with Gasteiger partial charge in [-0.25, -0.2) is 4.98 Å². The molecule has 0 aliphatic heterocycles. The normalized spacial score (nSPS) is 16.5. The topological polar surface area (TPSA) is 24.9 Å². The van der Waals surface area contributed by atoms with Crippen molar-refractivity contribution in [3.8, 4) is 0 Å². The van der Waals surface area contributed by atoms with Crippen LogP contribution in [0, 0.1) is 5.92 Å². The summed E-state index contributed by atoms with van der Waals surface area (Å²) in [5.41, 5.74) is 1.22. The van der Waals surface area contributed by atoms with Gasteiger partial charge in [0.2, 0.25) is 0 Å². The highest BCUT2D eigenvalue weighted by Crippen LogP contribution is 2.41. The van der Waals surface area contributed by atoms with Crippen LogP contribution in [0.5, 0.6) is 0 Å². The maximum atomic E-state index is 4.63. The van der Waals surface area contributed by atoms with Crippen LogP contribution in [0.15, 0.2) is 5.38 Å². The van der Waals surface area contributed by atoms with Crippen molar-refractivity contribution in [3.63, 3.8) is 0 Å². The molecule has 2 nitrogen and oxygen atoms in total. The first-order valence-corrected chi connectivity index (χ1v) is 6.28. The van der Waals surface area contributed by atoms with Crippen molar-refractivity contribution < 1.29 is 0 Å². The number of rotatable bonds is 5. The Hall–Kier alpha value is -0.410. The Morgan fingerprint density at radius 3 is 3.00 bits per heavy atom. The molecule has 0 radical (unpaired) electrons. The van der Waals surface area contributed by atoms with Gasteiger partial charge in [0.05, 0.1) is 10.7 Å². The van der Waals surface area contributed by atoms with Gasteiger partial charge in [0.1, 0.15) is 0 Å². The van der Waals surface area contributed by atoms with Crippen LogP contribution in [0.1, 0.15) is 43.3 Å². The summed E-state index contributed by atoms with van der Waals surface area (Å²) < 4.78 is 0. The summed E-state index contributed by atoms with van der Waals surface area (Å²) in [7, 11) is 0. The minimum Gasteiger partial charge on any atom is -0.311 e. The predicted molar refractivity (Wildman–Crippen MR) is 60.6 cm³/mol. The van der Waals surface area contributed by atoms with E-state index in [4.69, 9.17) is 0 Å². The lowest BCUT2D eigenvalue weighted by Gasteiger charge is -2.04. The molecule has 1 heterocycles. The van der Waals surface area contributed by atoms with E-state index >= 15 is 0 Å². The zero-order chi connectivity index (χ0) is 9.97. The van der Waals surface area contributed by atoms with Gasteiger partial charge in [0.15, 0.2) is 0 Å². The molecular weight excluding hydrogens is 192 g/mol. The van der Waals surface area contributed by atoms with Crippen molar-refractivity contribution in [2.45, 2.75) is 39.2 Å². The summed E-state index contributed by atoms with van der Waals surface area (Å²) in [4.78, 5) is 4.63. The first-order valence-electron chi connectivity index (χ1n) is 5.40. The van der Waals surface area contributed by atoms with E-state index in [-0.39, 0.29) is 0 Å². The van der Waals surface area contributed by atoms with Crippen LogP contribution in [0.3, 0.4) is 0 Å². The largest absolute Gasteiger partial charge is 0.311 e. The molecule has 0 atom stereocenters. The molecule has 3 heteroatoms. The fourth-order valence-corrected chi connectivity index (χ4v) is 2.40. The Morgan fingerprint density at radius 2 is 2.36 bits per heavy atom. The summed E-state index contributed by atoms with van der Waals surface area (Å²) in [5, 5.41) is 6.97. The van der Waals surface area contributed by atoms with E-state index in [9.17, 15) is 0 Å². The van der Waals surface area contributed by atoms with Gasteiger partial charge in [-0.1, -0.05) is 13.8 Å². The van der Waals surface area contributed by atoms with Crippen LogP contribution in [-0.2, 0) is 6.54 Å². The molecule has 1 N–H and O–H groups in total. The maximum Gasteiger partial charge on any atom is 0.0959 e. The second kappa shape index (κ2) is 4.41. The highest BCUT2D eigenvalue weighted by Gasteiger charge is 2.26. The van der Waals surface area contributed by atoms with E-state index in [0.29, 0.717) is 0 Å². The molecule has 0 amide bonds. The van der Waals surface area contributed by atoms with Gasteiger partial charge in [0.25, 0.3) is 0 Å². The molecule has 78 valence electrons. The third kappa shape index (κ3) is 2.79. The molecule has 0 saturated heterocycles. The first-order chi connectivity index (χ1) is 6.75. The predicted octanol–water partition coefficient (Wildman–Crippen LogP) is 2.77. The van der Waals surface area contributed by atoms with Gasteiger partial charge >= 0.3 is 0 Å². The van der Waals surface area contributed by atoms with E-state index in [2.05, 4.69) is 29.5 Å². The first kappa shape index (κ1) is 10.1. The van der Waals surface area contributed by atoms with Crippen molar-refractivity contribution in [1.29, 1.82) is 0 Å². The highest BCUT2D eigenvalue weighted by molar-refractivity contribution is 7.09. The van der Waals surface area contributed by atoms with Gasteiger partial charge in [-0.15, -0.1) is 11.3 Å². The van der Waals surface area contributed by atoms with Crippen LogP contribution >= 0.6 is 11.3 Å². The molecule has 0 bridgehead atoms. The van der Waals surface area contributed by atoms with Crippen molar-refractivity contribution in [3.05, 3.63) is 16.1 Å². The maximum absolute atomic E-state index is 4.63. The zero-order valence-electron chi connectivity index (χ0n) is 8.92. The van der Waals surface area contributed by atoms with E-state index < -0.39 is 0 Å². The Balaban J connectivity index is 1.78. The number of nitrogens with one attached hydrogen (secondary N) is 1. The lowest BCUT2D eigenvalue weighted by atomic mass is 10.2. The number of aromatic nitrogens is 1. The molecule has 2 rings (SSSR count). The van der Waals surface area contributed by atoms with Crippen LogP contribution in [0.25, 0.3) is 0 Å². The SMILES string of the molecule is CC(C)CNCc1csc(C2CC2)n1. The molecule has 0 spiro atoms. The van der Waals surface area contributed by atoms with Crippen molar-refractivity contribution in [2.24, 2.45) is 5.92 Å². The summed E-state index contributed by atoms with van der Waals surface area (Å²) in [5.74, 6) is 1.52. The number of thiazole rings is 1. The fourth-order valence-electron chi connectivity index (χ4n) is 1.41. The quantitative estimate of drug-likeness (QED) is 0.808. The Morgan fingerprint density at radius 1 is 1.57 bits per heavy atom. The van der Waals surface area contributed by atoms with Crippen molar-refractivity contribution in [1.82, 2.24) is 10.3 Å². The summed E-state index contributed by atoms with van der Waals surface area (Å²) in [6.45, 7) is 6.46. The van der Waals surface area contributed by atoms with Gasteiger partial charge in [0, 0.05) is 17.8 Å². The van der Waals surface area contributed by atoms with Crippen LogP contribution in [0.2, 0.25) is 0 Å². The molecule has 1 aromatic rings. The number of hydrogen-bond donors (Lipinski definition) is 1. The average Bonchev–Trinajstić information content (AvgIpc) is 2.87. The highest BCUT2D eigenvalue weighted by atomic mass is 32.1. The third-order valence-electron chi connectivity index (χ3n) is 2.35. The zero-order valence-corrected chi connectivity index (χ0v) is 9.73. The van der Waals surface area contributed by atoms with Crippen molar-refractivity contribution >= 4 is 11.3 Å². The van der Waals surface area contributed by atoms with Gasteiger partial charge in [-0.2, -0.15) is 0 Å². The molecule has 1 aliphatic carbocycles. The van der Waals surface area contributed by atoms with Crippen LogP contribution in [0.4, 0.5) is 0 Å². The van der Waals surface area contributed by atoms with Gasteiger partial charge in [-0.05, 0) is 25.3 Å². The molecule has 1 saturated carbocycles. The van der Waals surface area contributed by atoms with Crippen LogP contribution < -0.4 is 5.32 Å². The second-order valence-corrected chi connectivity index (χ2v) is 5.37. The monoisotopic (exact) mass is 210 g/mol. The molecule has 1 fully saturated rings. The van der Waals surface area contributed by atoms with E-state index in [1.54, 1.807) is 0 Å². The summed E-state index contributed by atoms with van der Waals surface area (Å²) >= 11 is 1.83. The third-order valence-corrected chi connectivity index (χ3v) is 3.41. The van der Waals surface area contributed by atoms with E-state index in [1.165, 1.54) is 23.5 Å². The summed E-state index contributed by atoms with van der Waals surface area (Å²) in [6.07, 6.45) is 2.71. The summed E-state index contributed by atoms with van der Waals surface area (Å²) in [6, 6.07) is 0. The molecule has 1 aromatic heterocycles.